The smallest absolute Gasteiger partial charge is 0.338 e. The Hall–Kier alpha value is -3.24. The summed E-state index contributed by atoms with van der Waals surface area (Å²) in [6.07, 6.45) is 3.02. The average Bonchev–Trinajstić information content (AvgIpc) is 3.26. The van der Waals surface area contributed by atoms with Gasteiger partial charge in [0.05, 0.1) is 23.7 Å². The number of thioether (sulfide) groups is 1. The van der Waals surface area contributed by atoms with Crippen molar-refractivity contribution >= 4 is 40.4 Å². The maximum absolute atomic E-state index is 12.7. The number of H-pyrrole nitrogens is 1. The Morgan fingerprint density at radius 1 is 1.30 bits per heavy atom. The summed E-state index contributed by atoms with van der Waals surface area (Å²) < 4.78 is 6.39. The van der Waals surface area contributed by atoms with E-state index in [1.165, 1.54) is 31.3 Å². The molecule has 0 aliphatic heterocycles. The number of halogens is 1. The number of rotatable bonds is 5. The molecule has 0 atom stereocenters. The molecule has 11 heteroatoms. The number of nitrogens with one attached hydrogen (secondary N) is 1. The zero-order chi connectivity index (χ0) is 21.3. The van der Waals surface area contributed by atoms with Crippen molar-refractivity contribution in [3.63, 3.8) is 0 Å². The van der Waals surface area contributed by atoms with E-state index in [0.717, 1.165) is 11.3 Å². The highest BCUT2D eigenvalue weighted by atomic mass is 35.5. The molecule has 0 amide bonds. The first-order chi connectivity index (χ1) is 14.5. The average molecular weight is 443 g/mol. The summed E-state index contributed by atoms with van der Waals surface area (Å²) in [6, 6.07) is 6.96. The van der Waals surface area contributed by atoms with E-state index in [1.807, 2.05) is 6.07 Å². The van der Waals surface area contributed by atoms with Crippen LogP contribution in [0.3, 0.4) is 0 Å². The van der Waals surface area contributed by atoms with Crippen molar-refractivity contribution in [1.29, 1.82) is 0 Å². The van der Waals surface area contributed by atoms with Gasteiger partial charge in [0.25, 0.3) is 5.56 Å². The van der Waals surface area contributed by atoms with E-state index in [1.54, 1.807) is 30.1 Å². The molecule has 0 bridgehead atoms. The third-order valence-corrected chi connectivity index (χ3v) is 5.42. The van der Waals surface area contributed by atoms with E-state index in [9.17, 15) is 9.59 Å². The Morgan fingerprint density at radius 3 is 2.87 bits per heavy atom. The highest BCUT2D eigenvalue weighted by molar-refractivity contribution is 7.98. The van der Waals surface area contributed by atoms with E-state index in [0.29, 0.717) is 21.6 Å². The molecule has 0 aliphatic carbocycles. The van der Waals surface area contributed by atoms with Gasteiger partial charge in [0.2, 0.25) is 0 Å². The first-order valence-electron chi connectivity index (χ1n) is 8.72. The second kappa shape index (κ2) is 8.25. The summed E-state index contributed by atoms with van der Waals surface area (Å²) in [7, 11) is 1.26. The molecule has 0 radical (unpaired) electrons. The molecule has 0 unspecified atom stereocenters. The minimum atomic E-state index is -0.614. The number of fused-ring (bicyclic) bond motifs is 1. The number of nitrogens with zero attached hydrogens (tertiary/aromatic N) is 5. The zero-order valence-corrected chi connectivity index (χ0v) is 17.5. The number of hydrogen-bond donors (Lipinski definition) is 1. The van der Waals surface area contributed by atoms with E-state index in [2.05, 4.69) is 25.0 Å². The molecular formula is C19H15ClN6O3S. The van der Waals surface area contributed by atoms with Gasteiger partial charge >= 0.3 is 5.97 Å². The van der Waals surface area contributed by atoms with E-state index >= 15 is 0 Å². The molecule has 0 saturated carbocycles. The molecule has 3 heterocycles. The molecule has 0 aliphatic rings. The van der Waals surface area contributed by atoms with Crippen LogP contribution in [0, 0.1) is 6.92 Å². The maximum atomic E-state index is 12.7. The van der Waals surface area contributed by atoms with Crippen molar-refractivity contribution in [1.82, 2.24) is 29.7 Å². The highest BCUT2D eigenvalue weighted by Gasteiger charge is 2.18. The normalized spacial score (nSPS) is 11.0. The lowest BCUT2D eigenvalue weighted by molar-refractivity contribution is 0.0602. The van der Waals surface area contributed by atoms with E-state index < -0.39 is 11.5 Å². The number of pyridine rings is 1. The minimum absolute atomic E-state index is 0.103. The van der Waals surface area contributed by atoms with Crippen molar-refractivity contribution in [2.75, 3.05) is 7.11 Å². The number of carbonyl (C=O) groups excluding carboxylic acids is 1. The number of carbonyl (C=O) groups is 1. The van der Waals surface area contributed by atoms with Crippen LogP contribution in [0.2, 0.25) is 5.02 Å². The van der Waals surface area contributed by atoms with Crippen molar-refractivity contribution in [3.05, 3.63) is 69.1 Å². The molecule has 1 N–H and O–H groups in total. The second-order valence-electron chi connectivity index (χ2n) is 6.27. The van der Waals surface area contributed by atoms with Crippen LogP contribution in [0.15, 0.2) is 46.9 Å². The molecule has 0 saturated heterocycles. The van der Waals surface area contributed by atoms with Crippen LogP contribution < -0.4 is 5.56 Å². The summed E-state index contributed by atoms with van der Waals surface area (Å²) in [6.45, 7) is 1.72. The standard InChI is InChI=1S/C19H15ClN6O3S/c1-10-5-13(18(28)29-2)15-16(23-10)24-19(25-17(15)27)30-7-11-3-4-12(20)6-14(11)26-9-21-8-22-26/h3-6,8-9H,7H2,1-2H3,(H,23,24,25,27). The molecule has 152 valence electrons. The van der Waals surface area contributed by atoms with E-state index in [4.69, 9.17) is 16.3 Å². The molecule has 9 nitrogen and oxygen atoms in total. The summed E-state index contributed by atoms with van der Waals surface area (Å²) in [5.41, 5.74) is 2.12. The van der Waals surface area contributed by atoms with Crippen LogP contribution in [0.4, 0.5) is 0 Å². The summed E-state index contributed by atoms with van der Waals surface area (Å²) in [5.74, 6) is -0.131. The van der Waals surface area contributed by atoms with Gasteiger partial charge in [-0.25, -0.2) is 24.4 Å². The molecule has 4 aromatic rings. The van der Waals surface area contributed by atoms with Gasteiger partial charge in [-0.15, -0.1) is 0 Å². The van der Waals surface area contributed by atoms with Crippen LogP contribution >= 0.6 is 23.4 Å². The van der Waals surface area contributed by atoms with Gasteiger partial charge in [-0.1, -0.05) is 29.4 Å². The number of aromatic nitrogens is 6. The predicted molar refractivity (Wildman–Crippen MR) is 112 cm³/mol. The number of methoxy groups -OCH3 is 1. The summed E-state index contributed by atoms with van der Waals surface area (Å²) in [5, 5.41) is 5.20. The fourth-order valence-electron chi connectivity index (χ4n) is 2.94. The Balaban J connectivity index is 1.70. The molecule has 0 spiro atoms. The lowest BCUT2D eigenvalue weighted by atomic mass is 10.1. The van der Waals surface area contributed by atoms with Crippen molar-refractivity contribution in [3.8, 4) is 5.69 Å². The van der Waals surface area contributed by atoms with Crippen molar-refractivity contribution in [2.24, 2.45) is 0 Å². The minimum Gasteiger partial charge on any atom is -0.465 e. The largest absolute Gasteiger partial charge is 0.465 e. The Bertz CT molecular complexity index is 1310. The van der Waals surface area contributed by atoms with Crippen LogP contribution in [0.5, 0.6) is 0 Å². The SMILES string of the molecule is COC(=O)c1cc(C)nc2nc(SCc3ccc(Cl)cc3-n3cncn3)[nH]c(=O)c12. The van der Waals surface area contributed by atoms with Gasteiger partial charge in [0.1, 0.15) is 12.7 Å². The second-order valence-corrected chi connectivity index (χ2v) is 7.67. The monoisotopic (exact) mass is 442 g/mol. The number of aromatic amines is 1. The third kappa shape index (κ3) is 3.91. The van der Waals surface area contributed by atoms with Gasteiger partial charge in [0.15, 0.2) is 10.8 Å². The van der Waals surface area contributed by atoms with Crippen LogP contribution in [-0.2, 0) is 10.5 Å². The molecule has 1 aromatic carbocycles. The Morgan fingerprint density at radius 2 is 2.13 bits per heavy atom. The molecule has 30 heavy (non-hydrogen) atoms. The van der Waals surface area contributed by atoms with Crippen molar-refractivity contribution in [2.45, 2.75) is 17.8 Å². The van der Waals surface area contributed by atoms with Crippen LogP contribution in [0.1, 0.15) is 21.6 Å². The number of esters is 1. The first kappa shape index (κ1) is 20.0. The molecule has 0 fully saturated rings. The highest BCUT2D eigenvalue weighted by Crippen LogP contribution is 2.26. The fourth-order valence-corrected chi connectivity index (χ4v) is 3.95. The van der Waals surface area contributed by atoms with E-state index in [-0.39, 0.29) is 16.6 Å². The van der Waals surface area contributed by atoms with Gasteiger partial charge in [-0.3, -0.25) is 4.79 Å². The van der Waals surface area contributed by atoms with Crippen molar-refractivity contribution < 1.29 is 9.53 Å². The Kier molecular flexibility index (Phi) is 5.51. The maximum Gasteiger partial charge on any atom is 0.338 e. The topological polar surface area (TPSA) is 116 Å². The third-order valence-electron chi connectivity index (χ3n) is 4.27. The van der Waals surface area contributed by atoms with Gasteiger partial charge in [0, 0.05) is 16.5 Å². The van der Waals surface area contributed by atoms with Crippen LogP contribution in [0.25, 0.3) is 16.7 Å². The first-order valence-corrected chi connectivity index (χ1v) is 10.1. The lowest BCUT2D eigenvalue weighted by Crippen LogP contribution is -2.16. The van der Waals surface area contributed by atoms with Gasteiger partial charge < -0.3 is 9.72 Å². The van der Waals surface area contributed by atoms with Crippen LogP contribution in [-0.4, -0.2) is 42.8 Å². The quantitative estimate of drug-likeness (QED) is 0.285. The number of aryl methyl sites for hydroxylation is 1. The number of ether oxygens (including phenoxy) is 1. The summed E-state index contributed by atoms with van der Waals surface area (Å²) >= 11 is 7.45. The molecular weight excluding hydrogens is 428 g/mol. The predicted octanol–water partition coefficient (Wildman–Crippen LogP) is 2.94. The number of benzene rings is 1. The Labute approximate surface area is 179 Å². The summed E-state index contributed by atoms with van der Waals surface area (Å²) in [4.78, 5) is 40.1. The zero-order valence-electron chi connectivity index (χ0n) is 15.9. The lowest BCUT2D eigenvalue weighted by Gasteiger charge is -2.10. The number of hydrogen-bond acceptors (Lipinski definition) is 8. The van der Waals surface area contributed by atoms with Gasteiger partial charge in [-0.2, -0.15) is 5.10 Å². The van der Waals surface area contributed by atoms with Gasteiger partial charge in [-0.05, 0) is 30.7 Å². The molecule has 4 rings (SSSR count). The fraction of sp³-hybridized carbons (Fsp3) is 0.158. The molecule has 3 aromatic heterocycles.